The lowest BCUT2D eigenvalue weighted by atomic mass is 9.85. The lowest BCUT2D eigenvalue weighted by Crippen LogP contribution is -2.58. The van der Waals surface area contributed by atoms with Crippen molar-refractivity contribution in [2.24, 2.45) is 10.4 Å². The molecule has 3 amide bonds. The van der Waals surface area contributed by atoms with E-state index in [-0.39, 0.29) is 49.6 Å². The molecule has 0 spiro atoms. The number of carbonyl (C=O) groups excluding carboxylic acids is 3. The van der Waals surface area contributed by atoms with E-state index < -0.39 is 35.6 Å². The van der Waals surface area contributed by atoms with Crippen LogP contribution in [0, 0.1) is 33.1 Å². The summed E-state index contributed by atoms with van der Waals surface area (Å²) in [6.07, 6.45) is -0.760. The average Bonchev–Trinajstić information content (AvgIpc) is 4.06. The van der Waals surface area contributed by atoms with Gasteiger partial charge >= 0.3 is 5.97 Å². The van der Waals surface area contributed by atoms with Crippen molar-refractivity contribution in [1.29, 1.82) is 0 Å². The summed E-state index contributed by atoms with van der Waals surface area (Å²) in [5.41, 5.74) is 8.84. The number of hydrogen-bond acceptors (Lipinski definition) is 13. The Bertz CT molecular complexity index is 2680. The number of aryl methyl sites for hydroxylation is 3. The van der Waals surface area contributed by atoms with E-state index in [4.69, 9.17) is 4.99 Å². The smallest absolute Gasteiger partial charge is 0.306 e. The molecule has 0 unspecified atom stereocenters. The van der Waals surface area contributed by atoms with Crippen molar-refractivity contribution >= 4 is 57.8 Å². The average molecular weight is 949 g/mol. The van der Waals surface area contributed by atoms with E-state index in [0.717, 1.165) is 85.8 Å². The predicted octanol–water partition coefficient (Wildman–Crippen LogP) is 5.93. The Labute approximate surface area is 399 Å². The van der Waals surface area contributed by atoms with Crippen molar-refractivity contribution in [1.82, 2.24) is 40.2 Å². The first-order valence-corrected chi connectivity index (χ1v) is 24.6. The number of anilines is 1. The molecule has 18 heteroatoms. The van der Waals surface area contributed by atoms with Gasteiger partial charge in [-0.05, 0) is 68.9 Å². The second-order valence-electron chi connectivity index (χ2n) is 19.0. The number of aromatic nitrogens is 4. The fraction of sp³-hybridized carbons (Fsp3) is 0.469. The highest BCUT2D eigenvalue weighted by Gasteiger charge is 2.45. The van der Waals surface area contributed by atoms with Gasteiger partial charge in [0.15, 0.2) is 5.82 Å². The van der Waals surface area contributed by atoms with Crippen molar-refractivity contribution < 1.29 is 29.4 Å². The van der Waals surface area contributed by atoms with Crippen LogP contribution in [0.4, 0.5) is 5.69 Å². The molecule has 2 saturated heterocycles. The summed E-state index contributed by atoms with van der Waals surface area (Å²) in [6.45, 7) is 19.1. The van der Waals surface area contributed by atoms with Crippen molar-refractivity contribution in [3.63, 3.8) is 0 Å². The van der Waals surface area contributed by atoms with Gasteiger partial charge in [-0.15, -0.1) is 32.9 Å². The van der Waals surface area contributed by atoms with E-state index in [1.807, 2.05) is 88.0 Å². The normalized spacial score (nSPS) is 19.5. The molecule has 3 aliphatic rings. The molecule has 2 aromatic carbocycles. The minimum atomic E-state index is -0.958. The minimum Gasteiger partial charge on any atom is -0.481 e. The third kappa shape index (κ3) is 10.1. The Morgan fingerprint density at radius 2 is 1.60 bits per heavy atom. The Hall–Kier alpha value is -5.82. The van der Waals surface area contributed by atoms with Crippen molar-refractivity contribution in [2.45, 2.75) is 105 Å². The van der Waals surface area contributed by atoms with Gasteiger partial charge in [0.1, 0.15) is 29.0 Å². The molecule has 3 aliphatic heterocycles. The summed E-state index contributed by atoms with van der Waals surface area (Å²) in [5.74, 6) is -0.736. The number of carbonyl (C=O) groups is 4. The number of amides is 3. The predicted molar refractivity (Wildman–Crippen MR) is 260 cm³/mol. The highest BCUT2D eigenvalue weighted by molar-refractivity contribution is 7.15. The first kappa shape index (κ1) is 47.7. The molecular formula is C49H60N10O6S2. The number of aliphatic hydroxyl groups excluding tert-OH is 1. The minimum absolute atomic E-state index is 0.00486. The first-order valence-electron chi connectivity index (χ1n) is 22.9. The number of carboxylic acid groups (broad SMARTS) is 1. The van der Waals surface area contributed by atoms with Crippen LogP contribution in [0.1, 0.15) is 104 Å². The van der Waals surface area contributed by atoms with Gasteiger partial charge < -0.3 is 30.6 Å². The SMILES string of the molecule is Cc1ncsc1-c1ccc([C@H](C)NC(=O)[C@@H]2C[C@@H](O)CN2C(=O)[C@@H](NC(=O)CCN2CCN(c3ccc(C4=N[C@@H](CC(=O)O)c5nnc(C)n5-c5sc(C)c(C)c54)cc3)CC2)C(C)(C)C)cc1. The summed E-state index contributed by atoms with van der Waals surface area (Å²) in [6, 6.07) is 13.4. The van der Waals surface area contributed by atoms with Gasteiger partial charge in [-0.3, -0.25) is 33.6 Å². The van der Waals surface area contributed by atoms with Crippen molar-refractivity contribution in [3.05, 3.63) is 98.5 Å². The number of benzene rings is 2. The number of nitrogens with zero attached hydrogens (tertiary/aromatic N) is 8. The van der Waals surface area contributed by atoms with E-state index in [0.29, 0.717) is 18.2 Å². The van der Waals surface area contributed by atoms with E-state index in [1.165, 1.54) is 4.90 Å². The van der Waals surface area contributed by atoms with Gasteiger partial charge in [0.05, 0.1) is 40.4 Å². The Balaban J connectivity index is 0.859. The van der Waals surface area contributed by atoms with Gasteiger partial charge in [-0.25, -0.2) is 4.98 Å². The number of carboxylic acids is 1. The number of likely N-dealkylation sites (tertiary alicyclic amines) is 1. The summed E-state index contributed by atoms with van der Waals surface area (Å²) in [5, 5.41) is 36.2. The molecule has 5 aromatic rings. The molecular weight excluding hydrogens is 889 g/mol. The number of fused-ring (bicyclic) bond motifs is 3. The molecule has 354 valence electrons. The topological polar surface area (TPSA) is 198 Å². The molecule has 2 fully saturated rings. The molecule has 0 bridgehead atoms. The van der Waals surface area contributed by atoms with Crippen LogP contribution in [0.5, 0.6) is 0 Å². The lowest BCUT2D eigenvalue weighted by Gasteiger charge is -2.37. The van der Waals surface area contributed by atoms with Crippen molar-refractivity contribution in [2.75, 3.05) is 44.2 Å². The summed E-state index contributed by atoms with van der Waals surface area (Å²) < 4.78 is 1.95. The van der Waals surface area contributed by atoms with Gasteiger partial charge in [0.25, 0.3) is 0 Å². The number of aliphatic carboxylic acids is 1. The molecule has 16 nitrogen and oxygen atoms in total. The van der Waals surface area contributed by atoms with Gasteiger partial charge in [0, 0.05) is 73.8 Å². The molecule has 6 heterocycles. The molecule has 5 atom stereocenters. The fourth-order valence-corrected chi connectivity index (χ4v) is 11.3. The maximum Gasteiger partial charge on any atom is 0.306 e. The molecule has 8 rings (SSSR count). The van der Waals surface area contributed by atoms with Crippen LogP contribution in [0.2, 0.25) is 0 Å². The summed E-state index contributed by atoms with van der Waals surface area (Å²) >= 11 is 3.21. The van der Waals surface area contributed by atoms with E-state index in [2.05, 4.69) is 61.6 Å². The van der Waals surface area contributed by atoms with Crippen LogP contribution in [0.3, 0.4) is 0 Å². The van der Waals surface area contributed by atoms with E-state index in [9.17, 15) is 29.4 Å². The number of rotatable bonds is 13. The van der Waals surface area contributed by atoms with E-state index >= 15 is 0 Å². The van der Waals surface area contributed by atoms with Crippen molar-refractivity contribution in [3.8, 4) is 15.4 Å². The van der Waals surface area contributed by atoms with Crippen LogP contribution in [-0.2, 0) is 19.2 Å². The third-order valence-corrected chi connectivity index (χ3v) is 15.4. The van der Waals surface area contributed by atoms with Crippen LogP contribution >= 0.6 is 22.7 Å². The highest BCUT2D eigenvalue weighted by atomic mass is 32.1. The molecule has 0 aliphatic carbocycles. The maximum absolute atomic E-state index is 14.3. The van der Waals surface area contributed by atoms with Gasteiger partial charge in [0.2, 0.25) is 17.7 Å². The monoisotopic (exact) mass is 948 g/mol. The highest BCUT2D eigenvalue weighted by Crippen LogP contribution is 2.40. The number of thiazole rings is 1. The van der Waals surface area contributed by atoms with Crippen LogP contribution in [-0.4, -0.2) is 127 Å². The van der Waals surface area contributed by atoms with Gasteiger partial charge in [-0.1, -0.05) is 57.2 Å². The third-order valence-electron chi connectivity index (χ3n) is 13.2. The van der Waals surface area contributed by atoms with Crippen LogP contribution < -0.4 is 15.5 Å². The number of aliphatic imine (C=N–C) groups is 1. The number of nitrogens with one attached hydrogen (secondary N) is 2. The zero-order valence-corrected chi connectivity index (χ0v) is 41.0. The Morgan fingerprint density at radius 3 is 2.24 bits per heavy atom. The summed E-state index contributed by atoms with van der Waals surface area (Å²) in [4.78, 5) is 71.2. The molecule has 3 aromatic heterocycles. The number of hydrogen-bond donors (Lipinski definition) is 4. The van der Waals surface area contributed by atoms with Gasteiger partial charge in [-0.2, -0.15) is 0 Å². The largest absolute Gasteiger partial charge is 0.481 e. The zero-order chi connectivity index (χ0) is 47.9. The molecule has 4 N–H and O–H groups in total. The fourth-order valence-electron chi connectivity index (χ4n) is 9.26. The molecule has 0 saturated carbocycles. The number of aliphatic hydroxyl groups is 1. The van der Waals surface area contributed by atoms with Crippen LogP contribution in [0.15, 0.2) is 59.0 Å². The molecule has 67 heavy (non-hydrogen) atoms. The number of piperazine rings is 1. The van der Waals surface area contributed by atoms with Crippen LogP contribution in [0.25, 0.3) is 15.4 Å². The quantitative estimate of drug-likeness (QED) is 0.109. The number of β-amino-alcohol motifs (C(OH)–C–C–N with tert-alkyl or cyclic N) is 1. The molecule has 0 radical (unpaired) electrons. The second-order valence-corrected chi connectivity index (χ2v) is 21.1. The van der Waals surface area contributed by atoms with E-state index in [1.54, 1.807) is 22.7 Å². The second kappa shape index (κ2) is 19.4. The Kier molecular flexibility index (Phi) is 13.8. The maximum atomic E-state index is 14.3. The zero-order valence-electron chi connectivity index (χ0n) is 39.4. The summed E-state index contributed by atoms with van der Waals surface area (Å²) in [7, 11) is 0. The lowest BCUT2D eigenvalue weighted by molar-refractivity contribution is -0.144. The first-order chi connectivity index (χ1) is 31.9. The number of thiophene rings is 1. The Morgan fingerprint density at radius 1 is 0.910 bits per heavy atom. The standard InChI is InChI=1S/C49H60N10O6S2/c1-27-30(4)67-48-41(27)42(52-37(24-40(62)63)45-55-54-31(5)59(45)48)33-13-15-35(16-14-33)57-21-19-56(20-22-57)18-17-39(61)53-44(49(6,7)8)47(65)58-25-36(60)23-38(58)46(64)51-28(2)32-9-11-34(12-10-32)43-29(3)50-26-66-43/h9-16,26,28,36-38,44,60H,17-25H2,1-8H3,(H,51,64)(H,53,61)(H,62,63)/t28-,36+,37-,38-,44+/m0/s1.